The molecule has 1 radical (unpaired) electrons. The molecule has 0 aliphatic rings. The molecule has 95 valence electrons. The zero-order valence-electron chi connectivity index (χ0n) is 10.1. The van der Waals surface area contributed by atoms with Gasteiger partial charge in [0.05, 0.1) is 6.54 Å². The van der Waals surface area contributed by atoms with Gasteiger partial charge in [0.15, 0.2) is 0 Å². The van der Waals surface area contributed by atoms with E-state index in [1.54, 1.807) is 6.29 Å². The lowest BCUT2D eigenvalue weighted by atomic mass is 10.1. The molecule has 0 saturated carbocycles. The van der Waals surface area contributed by atoms with Crippen molar-refractivity contribution in [1.29, 1.82) is 0 Å². The van der Waals surface area contributed by atoms with Crippen LogP contribution in [-0.2, 0) is 20.8 Å². The summed E-state index contributed by atoms with van der Waals surface area (Å²) in [5, 5.41) is 4.94. The molecular formula is C13H15N2O3. The van der Waals surface area contributed by atoms with Crippen molar-refractivity contribution in [3.63, 3.8) is 0 Å². The highest BCUT2D eigenvalue weighted by Gasteiger charge is 2.19. The van der Waals surface area contributed by atoms with E-state index in [1.807, 2.05) is 30.3 Å². The van der Waals surface area contributed by atoms with Gasteiger partial charge in [0.1, 0.15) is 6.04 Å². The summed E-state index contributed by atoms with van der Waals surface area (Å²) >= 11 is 0. The average molecular weight is 247 g/mol. The zero-order valence-corrected chi connectivity index (χ0v) is 10.1. The molecule has 2 amide bonds. The molecule has 0 unspecified atom stereocenters. The Kier molecular flexibility index (Phi) is 5.57. The molecule has 5 nitrogen and oxygen atoms in total. The molecule has 1 aromatic carbocycles. The van der Waals surface area contributed by atoms with Crippen LogP contribution in [0.3, 0.4) is 0 Å². The quantitative estimate of drug-likeness (QED) is 0.740. The number of hydrogen-bond acceptors (Lipinski definition) is 3. The van der Waals surface area contributed by atoms with Crippen LogP contribution >= 0.6 is 0 Å². The van der Waals surface area contributed by atoms with E-state index in [4.69, 9.17) is 0 Å². The normalized spacial score (nSPS) is 11.4. The molecule has 0 saturated heterocycles. The third kappa shape index (κ3) is 4.78. The third-order valence-corrected chi connectivity index (χ3v) is 2.31. The van der Waals surface area contributed by atoms with Gasteiger partial charge in [-0.25, -0.2) is 0 Å². The second-order valence-corrected chi connectivity index (χ2v) is 3.80. The second kappa shape index (κ2) is 7.21. The van der Waals surface area contributed by atoms with Gasteiger partial charge in [0.25, 0.3) is 0 Å². The third-order valence-electron chi connectivity index (χ3n) is 2.31. The van der Waals surface area contributed by atoms with Crippen LogP contribution in [0.4, 0.5) is 0 Å². The van der Waals surface area contributed by atoms with Crippen molar-refractivity contribution in [3.8, 4) is 0 Å². The Balaban J connectivity index is 2.68. The monoisotopic (exact) mass is 247 g/mol. The van der Waals surface area contributed by atoms with Crippen LogP contribution in [0.2, 0.25) is 0 Å². The fourth-order valence-electron chi connectivity index (χ4n) is 1.55. The molecule has 0 fully saturated rings. The van der Waals surface area contributed by atoms with E-state index in [1.165, 1.54) is 6.92 Å². The van der Waals surface area contributed by atoms with Crippen molar-refractivity contribution in [3.05, 3.63) is 35.9 Å². The fraction of sp³-hybridized carbons (Fsp3) is 0.308. The van der Waals surface area contributed by atoms with Crippen LogP contribution in [0.1, 0.15) is 12.5 Å². The maximum Gasteiger partial charge on any atom is 0.243 e. The van der Waals surface area contributed by atoms with E-state index < -0.39 is 11.9 Å². The first kappa shape index (κ1) is 13.9. The first-order valence-electron chi connectivity index (χ1n) is 5.57. The van der Waals surface area contributed by atoms with Gasteiger partial charge in [-0.2, -0.15) is 0 Å². The molecule has 5 heteroatoms. The number of hydrogen-bond donors (Lipinski definition) is 2. The van der Waals surface area contributed by atoms with Gasteiger partial charge >= 0.3 is 0 Å². The van der Waals surface area contributed by atoms with Crippen LogP contribution < -0.4 is 10.6 Å². The average Bonchev–Trinajstić information content (AvgIpc) is 2.36. The molecule has 1 atom stereocenters. The molecule has 18 heavy (non-hydrogen) atoms. The maximum absolute atomic E-state index is 11.7. The SMILES string of the molecule is CC(=O)N[C@@H](Cc1ccccc1)C(=O)NC[C]=O. The number of nitrogens with one attached hydrogen (secondary N) is 2. The Morgan fingerprint density at radius 1 is 1.28 bits per heavy atom. The van der Waals surface area contributed by atoms with Crippen LogP contribution in [0.5, 0.6) is 0 Å². The highest BCUT2D eigenvalue weighted by molar-refractivity contribution is 5.88. The molecule has 0 aromatic heterocycles. The van der Waals surface area contributed by atoms with E-state index in [0.29, 0.717) is 6.42 Å². The van der Waals surface area contributed by atoms with Gasteiger partial charge in [0, 0.05) is 13.3 Å². The van der Waals surface area contributed by atoms with E-state index in [0.717, 1.165) is 5.56 Å². The lowest BCUT2D eigenvalue weighted by Crippen LogP contribution is -2.47. The number of carbonyl (C=O) groups is 2. The van der Waals surface area contributed by atoms with E-state index in [-0.39, 0.29) is 12.5 Å². The predicted octanol–water partition coefficient (Wildman–Crippen LogP) is -0.0403. The number of benzene rings is 1. The summed E-state index contributed by atoms with van der Waals surface area (Å²) in [5.41, 5.74) is 0.932. The maximum atomic E-state index is 11.7. The van der Waals surface area contributed by atoms with Crippen molar-refractivity contribution in [2.24, 2.45) is 0 Å². The summed E-state index contributed by atoms with van der Waals surface area (Å²) < 4.78 is 0. The van der Waals surface area contributed by atoms with Gasteiger partial charge in [-0.15, -0.1) is 0 Å². The molecule has 2 N–H and O–H groups in total. The molecule has 0 heterocycles. The fourth-order valence-corrected chi connectivity index (χ4v) is 1.55. The standard InChI is InChI=1S/C13H15N2O3/c1-10(17)15-12(13(18)14-7-8-16)9-11-5-3-2-4-6-11/h2-6,12H,7,9H2,1H3,(H,14,18)(H,15,17)/t12-/m0/s1. The Morgan fingerprint density at radius 3 is 2.50 bits per heavy atom. The number of amides is 2. The molecule has 0 aliphatic carbocycles. The summed E-state index contributed by atoms with van der Waals surface area (Å²) in [6, 6.07) is 8.65. The van der Waals surface area contributed by atoms with Crippen molar-refractivity contribution in [1.82, 2.24) is 10.6 Å². The molecular weight excluding hydrogens is 232 g/mol. The van der Waals surface area contributed by atoms with Gasteiger partial charge in [-0.05, 0) is 5.56 Å². The minimum Gasteiger partial charge on any atom is -0.347 e. The molecule has 0 aliphatic heterocycles. The first-order chi connectivity index (χ1) is 8.63. The molecule has 1 aromatic rings. The topological polar surface area (TPSA) is 75.3 Å². The smallest absolute Gasteiger partial charge is 0.243 e. The highest BCUT2D eigenvalue weighted by atomic mass is 16.2. The van der Waals surface area contributed by atoms with Gasteiger partial charge in [0.2, 0.25) is 18.1 Å². The van der Waals surface area contributed by atoms with Crippen LogP contribution in [0.15, 0.2) is 30.3 Å². The number of carbonyl (C=O) groups excluding carboxylic acids is 3. The van der Waals surface area contributed by atoms with Crippen molar-refractivity contribution in [2.45, 2.75) is 19.4 Å². The second-order valence-electron chi connectivity index (χ2n) is 3.80. The van der Waals surface area contributed by atoms with Crippen LogP contribution in [-0.4, -0.2) is 30.7 Å². The van der Waals surface area contributed by atoms with Gasteiger partial charge in [-0.3, -0.25) is 14.4 Å². The Morgan fingerprint density at radius 2 is 1.94 bits per heavy atom. The Hall–Kier alpha value is -2.17. The van der Waals surface area contributed by atoms with Crippen molar-refractivity contribution < 1.29 is 14.4 Å². The first-order valence-corrected chi connectivity index (χ1v) is 5.57. The van der Waals surface area contributed by atoms with Gasteiger partial charge < -0.3 is 10.6 Å². The molecule has 0 bridgehead atoms. The molecule has 0 spiro atoms. The summed E-state index contributed by atoms with van der Waals surface area (Å²) in [6.07, 6.45) is 1.96. The van der Waals surface area contributed by atoms with Crippen LogP contribution in [0, 0.1) is 0 Å². The van der Waals surface area contributed by atoms with Crippen LogP contribution in [0.25, 0.3) is 0 Å². The van der Waals surface area contributed by atoms with E-state index in [9.17, 15) is 14.4 Å². The number of rotatable bonds is 6. The highest BCUT2D eigenvalue weighted by Crippen LogP contribution is 2.03. The van der Waals surface area contributed by atoms with E-state index >= 15 is 0 Å². The summed E-state index contributed by atoms with van der Waals surface area (Å²) in [7, 11) is 0. The molecule has 1 rings (SSSR count). The largest absolute Gasteiger partial charge is 0.347 e. The lowest BCUT2D eigenvalue weighted by Gasteiger charge is -2.16. The summed E-state index contributed by atoms with van der Waals surface area (Å²) in [4.78, 5) is 32.9. The minimum atomic E-state index is -0.682. The Bertz CT molecular complexity index is 418. The van der Waals surface area contributed by atoms with E-state index in [2.05, 4.69) is 10.6 Å². The summed E-state index contributed by atoms with van der Waals surface area (Å²) in [5.74, 6) is -0.682. The zero-order chi connectivity index (χ0) is 13.4. The van der Waals surface area contributed by atoms with Crippen molar-refractivity contribution >= 4 is 18.1 Å². The lowest BCUT2D eigenvalue weighted by molar-refractivity contribution is -0.127. The minimum absolute atomic E-state index is 0.177. The van der Waals surface area contributed by atoms with Gasteiger partial charge in [-0.1, -0.05) is 30.3 Å². The van der Waals surface area contributed by atoms with Crippen molar-refractivity contribution in [2.75, 3.05) is 6.54 Å². The predicted molar refractivity (Wildman–Crippen MR) is 66.5 cm³/mol. The summed E-state index contributed by atoms with van der Waals surface area (Å²) in [6.45, 7) is 1.17. The Labute approximate surface area is 106 Å².